The van der Waals surface area contributed by atoms with Crippen molar-refractivity contribution in [1.29, 1.82) is 0 Å². The fraction of sp³-hybridized carbons (Fsp3) is 0.375. The third-order valence-corrected chi connectivity index (χ3v) is 4.57. The van der Waals surface area contributed by atoms with E-state index in [0.717, 1.165) is 43.7 Å². The summed E-state index contributed by atoms with van der Waals surface area (Å²) in [5.41, 5.74) is 6.50. The number of nitrogen functional groups attached to an aromatic ring is 1. The Morgan fingerprint density at radius 3 is 2.55 bits per heavy atom. The monoisotopic (exact) mass is 266 g/mol. The minimum Gasteiger partial charge on any atom is -0.308 e. The molecule has 1 aromatic carbocycles. The molecule has 4 heteroatoms. The van der Waals surface area contributed by atoms with Gasteiger partial charge in [0.1, 0.15) is 11.6 Å². The molecule has 0 atom stereocenters. The van der Waals surface area contributed by atoms with Crippen LogP contribution in [0.5, 0.6) is 0 Å². The Morgan fingerprint density at radius 1 is 1.05 bits per heavy atom. The van der Waals surface area contributed by atoms with Crippen molar-refractivity contribution in [2.75, 3.05) is 5.43 Å². The molecule has 0 aliphatic heterocycles. The summed E-state index contributed by atoms with van der Waals surface area (Å²) < 4.78 is 0. The number of aryl methyl sites for hydroxylation is 1. The van der Waals surface area contributed by atoms with E-state index in [4.69, 9.17) is 15.8 Å². The van der Waals surface area contributed by atoms with Gasteiger partial charge in [-0.15, -0.1) is 0 Å². The first-order chi connectivity index (χ1) is 9.83. The molecule has 1 heterocycles. The highest BCUT2D eigenvalue weighted by molar-refractivity contribution is 5.50. The van der Waals surface area contributed by atoms with E-state index in [1.54, 1.807) is 0 Å². The van der Waals surface area contributed by atoms with Crippen LogP contribution in [0, 0.1) is 0 Å². The zero-order valence-corrected chi connectivity index (χ0v) is 11.4. The van der Waals surface area contributed by atoms with Gasteiger partial charge in [-0.3, -0.25) is 0 Å². The summed E-state index contributed by atoms with van der Waals surface area (Å²) >= 11 is 0. The van der Waals surface area contributed by atoms with Crippen LogP contribution in [-0.4, -0.2) is 9.97 Å². The third-order valence-electron chi connectivity index (χ3n) is 4.57. The number of fused-ring (bicyclic) bond motifs is 1. The quantitative estimate of drug-likeness (QED) is 0.661. The van der Waals surface area contributed by atoms with Crippen LogP contribution in [0.15, 0.2) is 30.3 Å². The van der Waals surface area contributed by atoms with Crippen molar-refractivity contribution in [1.82, 2.24) is 9.97 Å². The molecular weight excluding hydrogens is 248 g/mol. The third kappa shape index (κ3) is 1.64. The Hall–Kier alpha value is -1.94. The van der Waals surface area contributed by atoms with Crippen molar-refractivity contribution >= 4 is 5.82 Å². The number of anilines is 1. The lowest BCUT2D eigenvalue weighted by Crippen LogP contribution is -2.19. The van der Waals surface area contributed by atoms with Crippen LogP contribution in [-0.2, 0) is 18.3 Å². The van der Waals surface area contributed by atoms with Gasteiger partial charge in [0.2, 0.25) is 0 Å². The van der Waals surface area contributed by atoms with Crippen molar-refractivity contribution in [2.45, 2.75) is 37.5 Å². The summed E-state index contributed by atoms with van der Waals surface area (Å²) in [5.74, 6) is 7.42. The van der Waals surface area contributed by atoms with E-state index in [9.17, 15) is 0 Å². The second-order valence-electron chi connectivity index (χ2n) is 5.77. The van der Waals surface area contributed by atoms with E-state index < -0.39 is 0 Å². The first kappa shape index (κ1) is 11.9. The number of nitrogens with one attached hydrogen (secondary N) is 1. The van der Waals surface area contributed by atoms with E-state index in [1.165, 1.54) is 16.8 Å². The fourth-order valence-corrected chi connectivity index (χ4v) is 3.29. The topological polar surface area (TPSA) is 63.8 Å². The Labute approximate surface area is 118 Å². The summed E-state index contributed by atoms with van der Waals surface area (Å²) in [6.45, 7) is 0. The van der Waals surface area contributed by atoms with Gasteiger partial charge >= 0.3 is 0 Å². The van der Waals surface area contributed by atoms with Crippen LogP contribution < -0.4 is 11.3 Å². The molecule has 4 rings (SSSR count). The average Bonchev–Trinajstić information content (AvgIpc) is 3.19. The highest BCUT2D eigenvalue weighted by Gasteiger charge is 2.49. The lowest BCUT2D eigenvalue weighted by atomic mass is 9.95. The van der Waals surface area contributed by atoms with Crippen molar-refractivity contribution < 1.29 is 0 Å². The average molecular weight is 266 g/mol. The van der Waals surface area contributed by atoms with Gasteiger partial charge in [0.05, 0.1) is 5.41 Å². The lowest BCUT2D eigenvalue weighted by Gasteiger charge is -2.17. The Balaban J connectivity index is 1.84. The molecule has 1 saturated carbocycles. The molecule has 0 unspecified atom stereocenters. The van der Waals surface area contributed by atoms with Crippen molar-refractivity contribution in [3.8, 4) is 0 Å². The number of nitrogens with two attached hydrogens (primary N) is 1. The lowest BCUT2D eigenvalue weighted by molar-refractivity contribution is 0.743. The van der Waals surface area contributed by atoms with E-state index in [2.05, 4.69) is 35.8 Å². The van der Waals surface area contributed by atoms with Crippen LogP contribution in [0.3, 0.4) is 0 Å². The molecule has 1 fully saturated rings. The predicted molar refractivity (Wildman–Crippen MR) is 78.3 cm³/mol. The molecule has 3 N–H and O–H groups in total. The van der Waals surface area contributed by atoms with E-state index in [1.807, 2.05) is 0 Å². The standard InChI is InChI=1S/C16H18N4/c17-20-14-12-7-4-8-13(12)18-15(19-14)16(9-10-16)11-5-2-1-3-6-11/h1-3,5-6H,4,7-10,17H2,(H,18,19,20). The zero-order chi connectivity index (χ0) is 13.6. The SMILES string of the molecule is NNc1nc(C2(c3ccccc3)CC2)nc2c1CCC2. The fourth-order valence-electron chi connectivity index (χ4n) is 3.29. The number of hydrogen-bond donors (Lipinski definition) is 2. The highest BCUT2D eigenvalue weighted by atomic mass is 15.3. The molecule has 20 heavy (non-hydrogen) atoms. The van der Waals surface area contributed by atoms with Crippen LogP contribution >= 0.6 is 0 Å². The second kappa shape index (κ2) is 4.28. The highest BCUT2D eigenvalue weighted by Crippen LogP contribution is 2.52. The number of aromatic nitrogens is 2. The molecule has 0 bridgehead atoms. The van der Waals surface area contributed by atoms with E-state index >= 15 is 0 Å². The number of rotatable bonds is 3. The normalized spacial score (nSPS) is 18.6. The van der Waals surface area contributed by atoms with Crippen LogP contribution in [0.25, 0.3) is 0 Å². The maximum Gasteiger partial charge on any atom is 0.147 e. The van der Waals surface area contributed by atoms with Gasteiger partial charge in [0.15, 0.2) is 0 Å². The molecule has 2 aromatic rings. The van der Waals surface area contributed by atoms with Crippen LogP contribution in [0.4, 0.5) is 5.82 Å². The second-order valence-corrected chi connectivity index (χ2v) is 5.77. The van der Waals surface area contributed by atoms with Gasteiger partial charge in [-0.25, -0.2) is 15.8 Å². The maximum atomic E-state index is 5.65. The van der Waals surface area contributed by atoms with Gasteiger partial charge < -0.3 is 5.43 Å². The Kier molecular flexibility index (Phi) is 2.54. The molecular formula is C16H18N4. The largest absolute Gasteiger partial charge is 0.308 e. The van der Waals surface area contributed by atoms with E-state index in [0.29, 0.717) is 0 Å². The van der Waals surface area contributed by atoms with E-state index in [-0.39, 0.29) is 5.41 Å². The Bertz CT molecular complexity index is 647. The smallest absolute Gasteiger partial charge is 0.147 e. The first-order valence-electron chi connectivity index (χ1n) is 7.26. The molecule has 0 spiro atoms. The van der Waals surface area contributed by atoms with Gasteiger partial charge in [-0.1, -0.05) is 30.3 Å². The summed E-state index contributed by atoms with van der Waals surface area (Å²) in [6, 6.07) is 10.6. The number of hydrogen-bond acceptors (Lipinski definition) is 4. The van der Waals surface area contributed by atoms with Gasteiger partial charge in [-0.2, -0.15) is 0 Å². The summed E-state index contributed by atoms with van der Waals surface area (Å²) in [6.07, 6.45) is 5.48. The molecule has 4 nitrogen and oxygen atoms in total. The molecule has 1 aromatic heterocycles. The Morgan fingerprint density at radius 2 is 1.85 bits per heavy atom. The van der Waals surface area contributed by atoms with Gasteiger partial charge in [-0.05, 0) is 37.7 Å². The summed E-state index contributed by atoms with van der Waals surface area (Å²) in [7, 11) is 0. The van der Waals surface area contributed by atoms with Gasteiger partial charge in [0, 0.05) is 11.3 Å². The van der Waals surface area contributed by atoms with Crippen molar-refractivity contribution in [3.63, 3.8) is 0 Å². The van der Waals surface area contributed by atoms with Crippen molar-refractivity contribution in [2.24, 2.45) is 5.84 Å². The molecule has 2 aliphatic carbocycles. The summed E-state index contributed by atoms with van der Waals surface area (Å²) in [4.78, 5) is 9.59. The summed E-state index contributed by atoms with van der Waals surface area (Å²) in [5, 5.41) is 0. The minimum atomic E-state index is 0.0183. The molecule has 2 aliphatic rings. The number of nitrogens with zero attached hydrogens (tertiary/aromatic N) is 2. The van der Waals surface area contributed by atoms with Crippen LogP contribution in [0.2, 0.25) is 0 Å². The van der Waals surface area contributed by atoms with Crippen molar-refractivity contribution in [3.05, 3.63) is 53.0 Å². The zero-order valence-electron chi connectivity index (χ0n) is 11.4. The number of benzene rings is 1. The molecule has 0 amide bonds. The molecule has 102 valence electrons. The molecule has 0 saturated heterocycles. The minimum absolute atomic E-state index is 0.0183. The van der Waals surface area contributed by atoms with Crippen LogP contribution in [0.1, 0.15) is 41.9 Å². The first-order valence-corrected chi connectivity index (χ1v) is 7.26. The predicted octanol–water partition coefficient (Wildman–Crippen LogP) is 2.33. The van der Waals surface area contributed by atoms with Gasteiger partial charge in [0.25, 0.3) is 0 Å². The molecule has 0 radical (unpaired) electrons. The number of hydrazine groups is 1. The maximum absolute atomic E-state index is 5.65.